The molecule has 0 radical (unpaired) electrons. The molecule has 0 N–H and O–H groups in total. The van der Waals surface area contributed by atoms with Crippen molar-refractivity contribution in [2.75, 3.05) is 0 Å². The third kappa shape index (κ3) is 3.86. The van der Waals surface area contributed by atoms with Gasteiger partial charge < -0.3 is 4.74 Å². The average Bonchev–Trinajstić information content (AvgIpc) is 2.36. The van der Waals surface area contributed by atoms with Gasteiger partial charge in [-0.15, -0.1) is 0 Å². The topological polar surface area (TPSA) is 26.3 Å². The molecule has 1 rings (SSSR count). The number of benzene rings is 1. The van der Waals surface area contributed by atoms with Crippen molar-refractivity contribution < 1.29 is 9.53 Å². The lowest BCUT2D eigenvalue weighted by Crippen LogP contribution is -2.20. The minimum atomic E-state index is -0.0837. The van der Waals surface area contributed by atoms with Crippen LogP contribution in [0.25, 0.3) is 0 Å². The number of rotatable bonds is 6. The van der Waals surface area contributed by atoms with Gasteiger partial charge in [0, 0.05) is 0 Å². The summed E-state index contributed by atoms with van der Waals surface area (Å²) < 4.78 is 5.54. The maximum Gasteiger partial charge on any atom is 0.314 e. The van der Waals surface area contributed by atoms with Crippen molar-refractivity contribution in [3.8, 4) is 5.75 Å². The molecule has 0 aliphatic carbocycles. The molecule has 100 valence electrons. The second-order valence-corrected chi connectivity index (χ2v) is 4.87. The molecule has 0 saturated carbocycles. The predicted molar refractivity (Wildman–Crippen MR) is 74.9 cm³/mol. The van der Waals surface area contributed by atoms with Gasteiger partial charge in [-0.25, -0.2) is 0 Å². The molecule has 1 aromatic rings. The molecule has 0 fully saturated rings. The van der Waals surface area contributed by atoms with Crippen LogP contribution >= 0.6 is 0 Å². The Hall–Kier alpha value is -1.31. The molecule has 0 amide bonds. The van der Waals surface area contributed by atoms with Crippen LogP contribution in [0.3, 0.4) is 0 Å². The van der Waals surface area contributed by atoms with E-state index in [0.29, 0.717) is 5.75 Å². The molecule has 18 heavy (non-hydrogen) atoms. The first-order valence-corrected chi connectivity index (χ1v) is 6.88. The Balaban J connectivity index is 2.70. The highest BCUT2D eigenvalue weighted by Crippen LogP contribution is 2.23. The van der Waals surface area contributed by atoms with Crippen LogP contribution in [0.5, 0.6) is 5.75 Å². The van der Waals surface area contributed by atoms with Crippen LogP contribution in [0, 0.1) is 19.8 Å². The number of aryl methyl sites for hydroxylation is 1. The summed E-state index contributed by atoms with van der Waals surface area (Å²) in [5.74, 6) is 0.652. The highest BCUT2D eigenvalue weighted by Gasteiger charge is 2.18. The minimum Gasteiger partial charge on any atom is -0.426 e. The van der Waals surface area contributed by atoms with Crippen molar-refractivity contribution in [2.24, 2.45) is 5.92 Å². The van der Waals surface area contributed by atoms with E-state index in [-0.39, 0.29) is 11.9 Å². The maximum atomic E-state index is 12.1. The first-order valence-electron chi connectivity index (χ1n) is 6.88. The highest BCUT2D eigenvalue weighted by atomic mass is 16.5. The summed E-state index contributed by atoms with van der Waals surface area (Å²) in [5, 5.41) is 0. The monoisotopic (exact) mass is 248 g/mol. The molecule has 0 aliphatic heterocycles. The molecule has 0 spiro atoms. The largest absolute Gasteiger partial charge is 0.426 e. The molecule has 0 saturated heterocycles. The van der Waals surface area contributed by atoms with E-state index < -0.39 is 0 Å². The van der Waals surface area contributed by atoms with E-state index in [9.17, 15) is 4.79 Å². The first-order chi connectivity index (χ1) is 8.60. The van der Waals surface area contributed by atoms with E-state index in [1.807, 2.05) is 39.0 Å². The fourth-order valence-electron chi connectivity index (χ4n) is 1.97. The zero-order valence-electron chi connectivity index (χ0n) is 12.0. The molecule has 0 bridgehead atoms. The molecular formula is C16H24O2. The fraction of sp³-hybridized carbons (Fsp3) is 0.562. The third-order valence-corrected chi connectivity index (χ3v) is 3.50. The summed E-state index contributed by atoms with van der Waals surface area (Å²) in [7, 11) is 0. The number of unbranched alkanes of at least 4 members (excludes halogenated alkanes) is 1. The van der Waals surface area contributed by atoms with Crippen LogP contribution in [-0.4, -0.2) is 5.97 Å². The lowest BCUT2D eigenvalue weighted by atomic mass is 9.99. The molecule has 0 unspecified atom stereocenters. The van der Waals surface area contributed by atoms with E-state index in [1.54, 1.807) is 0 Å². The highest BCUT2D eigenvalue weighted by molar-refractivity contribution is 5.75. The number of ether oxygens (including phenoxy) is 1. The first kappa shape index (κ1) is 14.7. The number of hydrogen-bond acceptors (Lipinski definition) is 2. The molecule has 1 aromatic carbocycles. The molecule has 0 aliphatic rings. The zero-order valence-corrected chi connectivity index (χ0v) is 12.0. The van der Waals surface area contributed by atoms with Gasteiger partial charge in [0.2, 0.25) is 0 Å². The predicted octanol–water partition coefficient (Wildman–Crippen LogP) is 4.43. The van der Waals surface area contributed by atoms with Gasteiger partial charge in [0.15, 0.2) is 0 Å². The van der Waals surface area contributed by atoms with Crippen molar-refractivity contribution in [3.05, 3.63) is 29.3 Å². The number of hydrogen-bond donors (Lipinski definition) is 0. The maximum absolute atomic E-state index is 12.1. The summed E-state index contributed by atoms with van der Waals surface area (Å²) in [4.78, 5) is 12.1. The second kappa shape index (κ2) is 7.20. The van der Waals surface area contributed by atoms with Gasteiger partial charge in [-0.05, 0) is 43.9 Å². The lowest BCUT2D eigenvalue weighted by Gasteiger charge is -2.15. The van der Waals surface area contributed by atoms with Crippen LogP contribution in [0.4, 0.5) is 0 Å². The van der Waals surface area contributed by atoms with Crippen LogP contribution in [-0.2, 0) is 4.79 Å². The second-order valence-electron chi connectivity index (χ2n) is 4.87. The Morgan fingerprint density at radius 2 is 2.00 bits per heavy atom. The van der Waals surface area contributed by atoms with Crippen LogP contribution in [0.15, 0.2) is 18.2 Å². The summed E-state index contributed by atoms with van der Waals surface area (Å²) in [6, 6.07) is 5.83. The lowest BCUT2D eigenvalue weighted by molar-refractivity contribution is -0.139. The summed E-state index contributed by atoms with van der Waals surface area (Å²) in [6.07, 6.45) is 3.98. The molecule has 1 atom stereocenters. The van der Waals surface area contributed by atoms with Crippen molar-refractivity contribution in [3.63, 3.8) is 0 Å². The van der Waals surface area contributed by atoms with Gasteiger partial charge in [0.05, 0.1) is 5.92 Å². The van der Waals surface area contributed by atoms with Crippen molar-refractivity contribution >= 4 is 5.97 Å². The van der Waals surface area contributed by atoms with E-state index in [1.165, 1.54) is 0 Å². The number of carbonyl (C=O) groups is 1. The van der Waals surface area contributed by atoms with Crippen molar-refractivity contribution in [1.82, 2.24) is 0 Å². The Bertz CT molecular complexity index is 396. The quantitative estimate of drug-likeness (QED) is 0.550. The van der Waals surface area contributed by atoms with Gasteiger partial charge in [0.25, 0.3) is 0 Å². The van der Waals surface area contributed by atoms with Crippen LogP contribution < -0.4 is 4.74 Å². The van der Waals surface area contributed by atoms with Gasteiger partial charge in [-0.1, -0.05) is 38.8 Å². The van der Waals surface area contributed by atoms with Crippen molar-refractivity contribution in [1.29, 1.82) is 0 Å². The van der Waals surface area contributed by atoms with Crippen LogP contribution in [0.2, 0.25) is 0 Å². The van der Waals surface area contributed by atoms with Crippen molar-refractivity contribution in [2.45, 2.75) is 53.4 Å². The molecule has 2 heteroatoms. The zero-order chi connectivity index (χ0) is 13.5. The molecule has 0 heterocycles. The Labute approximate surface area is 110 Å². The summed E-state index contributed by atoms with van der Waals surface area (Å²) in [6.45, 7) is 8.21. The van der Waals surface area contributed by atoms with E-state index in [2.05, 4.69) is 6.92 Å². The Morgan fingerprint density at radius 1 is 1.28 bits per heavy atom. The normalized spacial score (nSPS) is 12.2. The molecule has 2 nitrogen and oxygen atoms in total. The molecular weight excluding hydrogens is 224 g/mol. The Kier molecular flexibility index (Phi) is 5.90. The summed E-state index contributed by atoms with van der Waals surface area (Å²) >= 11 is 0. The third-order valence-electron chi connectivity index (χ3n) is 3.50. The average molecular weight is 248 g/mol. The summed E-state index contributed by atoms with van der Waals surface area (Å²) in [5.41, 5.74) is 2.21. The smallest absolute Gasteiger partial charge is 0.314 e. The van der Waals surface area contributed by atoms with E-state index in [0.717, 1.165) is 36.8 Å². The van der Waals surface area contributed by atoms with Gasteiger partial charge in [-0.3, -0.25) is 4.79 Å². The van der Waals surface area contributed by atoms with E-state index >= 15 is 0 Å². The SMILES string of the molecule is CCCC[C@H](CC)C(=O)Oc1cccc(C)c1C. The fourth-order valence-corrected chi connectivity index (χ4v) is 1.97. The van der Waals surface area contributed by atoms with Crippen LogP contribution in [0.1, 0.15) is 50.7 Å². The standard InChI is InChI=1S/C16H24O2/c1-5-7-10-14(6-2)16(17)18-15-11-8-9-12(3)13(15)4/h8-9,11,14H,5-7,10H2,1-4H3/t14-/m0/s1. The van der Waals surface area contributed by atoms with E-state index in [4.69, 9.17) is 4.74 Å². The number of esters is 1. The number of carbonyl (C=O) groups excluding carboxylic acids is 1. The Morgan fingerprint density at radius 3 is 2.61 bits per heavy atom. The molecule has 0 aromatic heterocycles. The van der Waals surface area contributed by atoms with Gasteiger partial charge >= 0.3 is 5.97 Å². The minimum absolute atomic E-state index is 0.0323. The van der Waals surface area contributed by atoms with Gasteiger partial charge in [-0.2, -0.15) is 0 Å². The van der Waals surface area contributed by atoms with Gasteiger partial charge in [0.1, 0.15) is 5.75 Å².